The lowest BCUT2D eigenvalue weighted by Gasteiger charge is -2.32. The maximum Gasteiger partial charge on any atom is 0.239 e. The van der Waals surface area contributed by atoms with E-state index in [1.54, 1.807) is 0 Å². The molecule has 1 amide bonds. The summed E-state index contributed by atoms with van der Waals surface area (Å²) in [5.74, 6) is 0.319. The lowest BCUT2D eigenvalue weighted by molar-refractivity contribution is -0.134. The summed E-state index contributed by atoms with van der Waals surface area (Å²) in [6, 6.07) is 0.616. The van der Waals surface area contributed by atoms with Crippen LogP contribution in [0.2, 0.25) is 0 Å². The lowest BCUT2D eigenvalue weighted by atomic mass is 9.94. The van der Waals surface area contributed by atoms with Gasteiger partial charge in [0.2, 0.25) is 5.91 Å². The van der Waals surface area contributed by atoms with Gasteiger partial charge in [0, 0.05) is 13.1 Å². The third-order valence-corrected chi connectivity index (χ3v) is 3.83. The molecule has 1 aliphatic carbocycles. The van der Waals surface area contributed by atoms with Gasteiger partial charge in [-0.25, -0.2) is 0 Å². The molecule has 0 bridgehead atoms. The SMILES string of the molecule is CN(C(=O)C1CCCN1)C1CCCCC1.Cl. The molecule has 1 aliphatic heterocycles. The molecule has 16 heavy (non-hydrogen) atoms. The highest BCUT2D eigenvalue weighted by molar-refractivity contribution is 5.85. The van der Waals surface area contributed by atoms with Crippen molar-refractivity contribution in [2.45, 2.75) is 57.0 Å². The van der Waals surface area contributed by atoms with Crippen LogP contribution >= 0.6 is 12.4 Å². The number of rotatable bonds is 2. The number of carbonyl (C=O) groups excluding carboxylic acids is 1. The highest BCUT2D eigenvalue weighted by Crippen LogP contribution is 2.22. The quantitative estimate of drug-likeness (QED) is 0.808. The molecular formula is C12H23ClN2O. The van der Waals surface area contributed by atoms with Crippen LogP contribution < -0.4 is 5.32 Å². The molecule has 0 spiro atoms. The Balaban J connectivity index is 0.00000128. The zero-order valence-corrected chi connectivity index (χ0v) is 10.9. The summed E-state index contributed by atoms with van der Waals surface area (Å²) < 4.78 is 0. The molecule has 1 N–H and O–H groups in total. The summed E-state index contributed by atoms with van der Waals surface area (Å²) >= 11 is 0. The third-order valence-electron chi connectivity index (χ3n) is 3.83. The van der Waals surface area contributed by atoms with E-state index in [1.165, 1.54) is 32.1 Å². The molecule has 1 atom stereocenters. The van der Waals surface area contributed by atoms with Crippen LogP contribution in [-0.2, 0) is 4.79 Å². The van der Waals surface area contributed by atoms with Crippen LogP contribution in [0, 0.1) is 0 Å². The fourth-order valence-electron chi connectivity index (χ4n) is 2.79. The molecule has 0 aromatic rings. The van der Waals surface area contributed by atoms with Crippen LogP contribution in [0.3, 0.4) is 0 Å². The Morgan fingerprint density at radius 3 is 2.38 bits per heavy atom. The first-order chi connectivity index (χ1) is 7.29. The summed E-state index contributed by atoms with van der Waals surface area (Å²) in [6.07, 6.45) is 8.51. The van der Waals surface area contributed by atoms with Crippen molar-refractivity contribution in [2.24, 2.45) is 0 Å². The smallest absolute Gasteiger partial charge is 0.239 e. The molecule has 94 valence electrons. The van der Waals surface area contributed by atoms with Gasteiger partial charge in [-0.15, -0.1) is 12.4 Å². The van der Waals surface area contributed by atoms with Gasteiger partial charge < -0.3 is 10.2 Å². The van der Waals surface area contributed by atoms with Crippen LogP contribution in [-0.4, -0.2) is 36.5 Å². The fourth-order valence-corrected chi connectivity index (χ4v) is 2.79. The Morgan fingerprint density at radius 1 is 1.12 bits per heavy atom. The first-order valence-corrected chi connectivity index (χ1v) is 6.29. The van der Waals surface area contributed by atoms with E-state index >= 15 is 0 Å². The average Bonchev–Trinajstić information content (AvgIpc) is 2.82. The number of amides is 1. The van der Waals surface area contributed by atoms with E-state index in [9.17, 15) is 4.79 Å². The van der Waals surface area contributed by atoms with Gasteiger partial charge in [0.1, 0.15) is 0 Å². The zero-order chi connectivity index (χ0) is 10.7. The van der Waals surface area contributed by atoms with Crippen molar-refractivity contribution in [3.63, 3.8) is 0 Å². The van der Waals surface area contributed by atoms with Gasteiger partial charge in [-0.3, -0.25) is 4.79 Å². The summed E-state index contributed by atoms with van der Waals surface area (Å²) in [5.41, 5.74) is 0. The first kappa shape index (κ1) is 13.8. The standard InChI is InChI=1S/C12H22N2O.ClH/c1-14(10-6-3-2-4-7-10)12(15)11-8-5-9-13-11;/h10-11,13H,2-9H2,1H3;1H. The topological polar surface area (TPSA) is 32.3 Å². The molecule has 1 saturated carbocycles. The summed E-state index contributed by atoms with van der Waals surface area (Å²) in [5, 5.41) is 3.29. The van der Waals surface area contributed by atoms with Crippen LogP contribution in [0.25, 0.3) is 0 Å². The minimum Gasteiger partial charge on any atom is -0.341 e. The van der Waals surface area contributed by atoms with Crippen molar-refractivity contribution in [2.75, 3.05) is 13.6 Å². The monoisotopic (exact) mass is 246 g/mol. The van der Waals surface area contributed by atoms with Gasteiger partial charge in [-0.1, -0.05) is 19.3 Å². The number of nitrogens with one attached hydrogen (secondary N) is 1. The van der Waals surface area contributed by atoms with Crippen LogP contribution in [0.1, 0.15) is 44.9 Å². The third kappa shape index (κ3) is 3.11. The van der Waals surface area contributed by atoms with E-state index in [0.29, 0.717) is 11.9 Å². The Bertz CT molecular complexity index is 223. The molecular weight excluding hydrogens is 224 g/mol. The molecule has 2 fully saturated rings. The van der Waals surface area contributed by atoms with E-state index in [2.05, 4.69) is 5.32 Å². The summed E-state index contributed by atoms with van der Waals surface area (Å²) in [4.78, 5) is 14.1. The second-order valence-electron chi connectivity index (χ2n) is 4.89. The van der Waals surface area contributed by atoms with Crippen LogP contribution in [0.15, 0.2) is 0 Å². The normalized spacial score (nSPS) is 26.2. The molecule has 1 heterocycles. The van der Waals surface area contributed by atoms with Gasteiger partial charge in [-0.05, 0) is 32.2 Å². The molecule has 0 radical (unpaired) electrons. The van der Waals surface area contributed by atoms with Crippen LogP contribution in [0.4, 0.5) is 0 Å². The number of halogens is 1. The second-order valence-corrected chi connectivity index (χ2v) is 4.89. The lowest BCUT2D eigenvalue weighted by Crippen LogP contribution is -2.46. The van der Waals surface area contributed by atoms with Gasteiger partial charge >= 0.3 is 0 Å². The number of carbonyl (C=O) groups is 1. The number of nitrogens with zero attached hydrogens (tertiary/aromatic N) is 1. The maximum atomic E-state index is 12.1. The molecule has 2 aliphatic rings. The van der Waals surface area contributed by atoms with Crippen molar-refractivity contribution in [1.82, 2.24) is 10.2 Å². The Hall–Kier alpha value is -0.280. The second kappa shape index (κ2) is 6.45. The summed E-state index contributed by atoms with van der Waals surface area (Å²) in [7, 11) is 1.98. The molecule has 3 nitrogen and oxygen atoms in total. The van der Waals surface area contributed by atoms with E-state index in [-0.39, 0.29) is 18.4 Å². The number of hydrogen-bond acceptors (Lipinski definition) is 2. The molecule has 0 aromatic carbocycles. The van der Waals surface area contributed by atoms with E-state index in [1.807, 2.05) is 11.9 Å². The minimum atomic E-state index is 0. The first-order valence-electron chi connectivity index (χ1n) is 6.29. The number of likely N-dealkylation sites (N-methyl/N-ethyl adjacent to an activating group) is 1. The van der Waals surface area contributed by atoms with E-state index in [4.69, 9.17) is 0 Å². The Kier molecular flexibility index (Phi) is 5.56. The highest BCUT2D eigenvalue weighted by atomic mass is 35.5. The van der Waals surface area contributed by atoms with Crippen molar-refractivity contribution in [3.05, 3.63) is 0 Å². The Morgan fingerprint density at radius 2 is 1.81 bits per heavy atom. The van der Waals surface area contributed by atoms with Gasteiger partial charge in [0.15, 0.2) is 0 Å². The molecule has 0 aromatic heterocycles. The van der Waals surface area contributed by atoms with Crippen molar-refractivity contribution >= 4 is 18.3 Å². The molecule has 1 saturated heterocycles. The van der Waals surface area contributed by atoms with Gasteiger partial charge in [0.25, 0.3) is 0 Å². The molecule has 1 unspecified atom stereocenters. The molecule has 4 heteroatoms. The molecule has 2 rings (SSSR count). The predicted octanol–water partition coefficient (Wildman–Crippen LogP) is 1.95. The number of hydrogen-bond donors (Lipinski definition) is 1. The van der Waals surface area contributed by atoms with E-state index in [0.717, 1.165) is 19.4 Å². The van der Waals surface area contributed by atoms with Crippen molar-refractivity contribution < 1.29 is 4.79 Å². The van der Waals surface area contributed by atoms with Gasteiger partial charge in [-0.2, -0.15) is 0 Å². The summed E-state index contributed by atoms with van der Waals surface area (Å²) in [6.45, 7) is 1.01. The highest BCUT2D eigenvalue weighted by Gasteiger charge is 2.29. The maximum absolute atomic E-state index is 12.1. The van der Waals surface area contributed by atoms with Crippen molar-refractivity contribution in [3.8, 4) is 0 Å². The Labute approximate surface area is 104 Å². The largest absolute Gasteiger partial charge is 0.341 e. The fraction of sp³-hybridized carbons (Fsp3) is 0.917. The van der Waals surface area contributed by atoms with Crippen LogP contribution in [0.5, 0.6) is 0 Å². The van der Waals surface area contributed by atoms with Gasteiger partial charge in [0.05, 0.1) is 6.04 Å². The average molecular weight is 247 g/mol. The minimum absolute atomic E-state index is 0. The zero-order valence-electron chi connectivity index (χ0n) is 10.1. The predicted molar refractivity (Wildman–Crippen MR) is 67.9 cm³/mol. The van der Waals surface area contributed by atoms with Crippen molar-refractivity contribution in [1.29, 1.82) is 0 Å². The van der Waals surface area contributed by atoms with E-state index < -0.39 is 0 Å².